The third kappa shape index (κ3) is 3.88. The number of pyridine rings is 1. The first-order chi connectivity index (χ1) is 7.27. The molecule has 0 atom stereocenters. The molecule has 0 amide bonds. The summed E-state index contributed by atoms with van der Waals surface area (Å²) in [6.07, 6.45) is 4.25. The van der Waals surface area contributed by atoms with E-state index in [1.54, 1.807) is 0 Å². The number of unbranched alkanes of at least 4 members (excludes halogenated alkanes) is 1. The minimum atomic E-state index is 0.680. The van der Waals surface area contributed by atoms with Crippen molar-refractivity contribution in [1.82, 2.24) is 4.98 Å². The summed E-state index contributed by atoms with van der Waals surface area (Å²) < 4.78 is 0. The Hall–Kier alpha value is -1.09. The fourth-order valence-corrected chi connectivity index (χ4v) is 1.54. The number of hydrogen-bond donors (Lipinski definition) is 1. The average molecular weight is 207 g/mol. The maximum absolute atomic E-state index is 5.61. The molecule has 0 bridgehead atoms. The monoisotopic (exact) mass is 207 g/mol. The predicted octanol–water partition coefficient (Wildman–Crippen LogP) is 1.96. The lowest BCUT2D eigenvalue weighted by molar-refractivity contribution is 0.707. The van der Waals surface area contributed by atoms with Gasteiger partial charge in [0.1, 0.15) is 5.82 Å². The van der Waals surface area contributed by atoms with E-state index in [9.17, 15) is 0 Å². The molecule has 1 heterocycles. The van der Waals surface area contributed by atoms with E-state index >= 15 is 0 Å². The smallest absolute Gasteiger partial charge is 0.128 e. The highest BCUT2D eigenvalue weighted by Gasteiger charge is 2.05. The van der Waals surface area contributed by atoms with Gasteiger partial charge in [-0.25, -0.2) is 4.98 Å². The van der Waals surface area contributed by atoms with Gasteiger partial charge < -0.3 is 10.6 Å². The molecule has 0 spiro atoms. The Balaban J connectivity index is 2.69. The van der Waals surface area contributed by atoms with Gasteiger partial charge in [-0.1, -0.05) is 13.3 Å². The lowest BCUT2D eigenvalue weighted by Crippen LogP contribution is -2.31. The maximum Gasteiger partial charge on any atom is 0.128 e. The molecule has 0 aromatic carbocycles. The van der Waals surface area contributed by atoms with Crippen LogP contribution in [0.5, 0.6) is 0 Å². The highest BCUT2D eigenvalue weighted by Crippen LogP contribution is 2.12. The van der Waals surface area contributed by atoms with Crippen molar-refractivity contribution in [2.45, 2.75) is 26.7 Å². The zero-order chi connectivity index (χ0) is 11.1. The van der Waals surface area contributed by atoms with Crippen LogP contribution in [0.3, 0.4) is 0 Å². The Morgan fingerprint density at radius 2 is 2.20 bits per heavy atom. The van der Waals surface area contributed by atoms with E-state index in [0.29, 0.717) is 6.54 Å². The SMILES string of the molecule is CCCCN(CCN)c1cc(C)ccn1. The summed E-state index contributed by atoms with van der Waals surface area (Å²) in [5.74, 6) is 1.05. The van der Waals surface area contributed by atoms with Crippen molar-refractivity contribution in [1.29, 1.82) is 0 Å². The number of nitrogens with two attached hydrogens (primary N) is 1. The number of rotatable bonds is 6. The summed E-state index contributed by atoms with van der Waals surface area (Å²) in [4.78, 5) is 6.64. The second-order valence-electron chi connectivity index (χ2n) is 3.82. The Morgan fingerprint density at radius 1 is 1.40 bits per heavy atom. The van der Waals surface area contributed by atoms with Crippen LogP contribution in [0.15, 0.2) is 18.3 Å². The normalized spacial score (nSPS) is 10.3. The summed E-state index contributed by atoms with van der Waals surface area (Å²) >= 11 is 0. The van der Waals surface area contributed by atoms with Crippen LogP contribution in [0.4, 0.5) is 5.82 Å². The minimum Gasteiger partial charge on any atom is -0.355 e. The molecule has 3 heteroatoms. The average Bonchev–Trinajstić information content (AvgIpc) is 2.24. The van der Waals surface area contributed by atoms with E-state index in [0.717, 1.165) is 18.9 Å². The highest BCUT2D eigenvalue weighted by atomic mass is 15.2. The van der Waals surface area contributed by atoms with Crippen molar-refractivity contribution in [2.24, 2.45) is 5.73 Å². The Labute approximate surface area is 92.3 Å². The predicted molar refractivity (Wildman–Crippen MR) is 65.1 cm³/mol. The molecule has 0 saturated heterocycles. The van der Waals surface area contributed by atoms with Crippen LogP contribution in [-0.2, 0) is 0 Å². The van der Waals surface area contributed by atoms with Gasteiger partial charge in [0.05, 0.1) is 0 Å². The summed E-state index contributed by atoms with van der Waals surface area (Å²) in [5, 5.41) is 0. The molecule has 1 rings (SSSR count). The quantitative estimate of drug-likeness (QED) is 0.775. The van der Waals surface area contributed by atoms with Gasteiger partial charge in [-0.15, -0.1) is 0 Å². The van der Waals surface area contributed by atoms with E-state index in [4.69, 9.17) is 5.73 Å². The van der Waals surface area contributed by atoms with Crippen molar-refractivity contribution in [3.63, 3.8) is 0 Å². The van der Waals surface area contributed by atoms with Crippen LogP contribution in [-0.4, -0.2) is 24.6 Å². The molecular weight excluding hydrogens is 186 g/mol. The largest absolute Gasteiger partial charge is 0.355 e. The minimum absolute atomic E-state index is 0.680. The van der Waals surface area contributed by atoms with Gasteiger partial charge in [0.15, 0.2) is 0 Å². The zero-order valence-electron chi connectivity index (χ0n) is 9.74. The second-order valence-corrected chi connectivity index (χ2v) is 3.82. The lowest BCUT2D eigenvalue weighted by atomic mass is 10.2. The van der Waals surface area contributed by atoms with Gasteiger partial charge in [-0.3, -0.25) is 0 Å². The Bertz CT molecular complexity index is 286. The van der Waals surface area contributed by atoms with Crippen molar-refractivity contribution in [3.8, 4) is 0 Å². The third-order valence-electron chi connectivity index (χ3n) is 2.41. The highest BCUT2D eigenvalue weighted by molar-refractivity contribution is 5.40. The maximum atomic E-state index is 5.61. The first kappa shape index (κ1) is 12.0. The standard InChI is InChI=1S/C12H21N3/c1-3-4-8-15(9-6-13)12-10-11(2)5-7-14-12/h5,7,10H,3-4,6,8-9,13H2,1-2H3. The molecule has 15 heavy (non-hydrogen) atoms. The molecule has 0 aliphatic carbocycles. The zero-order valence-corrected chi connectivity index (χ0v) is 9.74. The van der Waals surface area contributed by atoms with Crippen LogP contribution in [0, 0.1) is 6.92 Å². The molecule has 3 nitrogen and oxygen atoms in total. The van der Waals surface area contributed by atoms with E-state index < -0.39 is 0 Å². The van der Waals surface area contributed by atoms with Crippen molar-refractivity contribution < 1.29 is 0 Å². The lowest BCUT2D eigenvalue weighted by Gasteiger charge is -2.23. The van der Waals surface area contributed by atoms with Crippen LogP contribution in [0.2, 0.25) is 0 Å². The third-order valence-corrected chi connectivity index (χ3v) is 2.41. The van der Waals surface area contributed by atoms with E-state index in [1.807, 2.05) is 12.3 Å². The molecule has 0 saturated carbocycles. The molecule has 0 radical (unpaired) electrons. The summed E-state index contributed by atoms with van der Waals surface area (Å²) in [6, 6.07) is 4.13. The Kier molecular flexibility index (Phi) is 5.12. The van der Waals surface area contributed by atoms with Gasteiger partial charge >= 0.3 is 0 Å². The van der Waals surface area contributed by atoms with Gasteiger partial charge in [0.25, 0.3) is 0 Å². The van der Waals surface area contributed by atoms with Crippen LogP contribution in [0.25, 0.3) is 0 Å². The van der Waals surface area contributed by atoms with E-state index in [-0.39, 0.29) is 0 Å². The van der Waals surface area contributed by atoms with Crippen molar-refractivity contribution >= 4 is 5.82 Å². The van der Waals surface area contributed by atoms with Gasteiger partial charge in [-0.2, -0.15) is 0 Å². The summed E-state index contributed by atoms with van der Waals surface area (Å²) in [7, 11) is 0. The molecule has 0 aliphatic heterocycles. The number of aryl methyl sites for hydroxylation is 1. The van der Waals surface area contributed by atoms with Crippen molar-refractivity contribution in [2.75, 3.05) is 24.5 Å². The van der Waals surface area contributed by atoms with E-state index in [1.165, 1.54) is 18.4 Å². The molecule has 84 valence electrons. The first-order valence-electron chi connectivity index (χ1n) is 5.65. The molecule has 0 unspecified atom stereocenters. The number of hydrogen-bond acceptors (Lipinski definition) is 3. The molecule has 1 aromatic heterocycles. The van der Waals surface area contributed by atoms with Gasteiger partial charge in [-0.05, 0) is 31.0 Å². The van der Waals surface area contributed by atoms with Crippen LogP contribution >= 0.6 is 0 Å². The number of nitrogens with zero attached hydrogens (tertiary/aromatic N) is 2. The summed E-state index contributed by atoms with van der Waals surface area (Å²) in [5.41, 5.74) is 6.86. The van der Waals surface area contributed by atoms with Gasteiger partial charge in [0, 0.05) is 25.8 Å². The van der Waals surface area contributed by atoms with Gasteiger partial charge in [0.2, 0.25) is 0 Å². The fourth-order valence-electron chi connectivity index (χ4n) is 1.54. The van der Waals surface area contributed by atoms with E-state index in [2.05, 4.69) is 29.8 Å². The molecule has 1 aromatic rings. The number of anilines is 1. The topological polar surface area (TPSA) is 42.1 Å². The summed E-state index contributed by atoms with van der Waals surface area (Å²) in [6.45, 7) is 6.90. The number of aromatic nitrogens is 1. The second kappa shape index (κ2) is 6.40. The molecule has 0 aliphatic rings. The molecule has 2 N–H and O–H groups in total. The molecule has 0 fully saturated rings. The first-order valence-corrected chi connectivity index (χ1v) is 5.65. The van der Waals surface area contributed by atoms with Crippen LogP contribution < -0.4 is 10.6 Å². The van der Waals surface area contributed by atoms with Crippen LogP contribution in [0.1, 0.15) is 25.3 Å². The van der Waals surface area contributed by atoms with Crippen molar-refractivity contribution in [3.05, 3.63) is 23.9 Å². The Morgan fingerprint density at radius 3 is 2.80 bits per heavy atom. The fraction of sp³-hybridized carbons (Fsp3) is 0.583. The molecular formula is C12H21N3.